The van der Waals surface area contributed by atoms with Gasteiger partial charge in [0.15, 0.2) is 0 Å². The Labute approximate surface area is 149 Å². The Hall–Kier alpha value is -2.56. The molecule has 132 valence electrons. The first-order valence-electron chi connectivity index (χ1n) is 8.78. The Balaban J connectivity index is 1.54. The third-order valence-electron chi connectivity index (χ3n) is 4.69. The lowest BCUT2D eigenvalue weighted by atomic mass is 9.99. The van der Waals surface area contributed by atoms with Crippen LogP contribution in [0.1, 0.15) is 25.3 Å². The van der Waals surface area contributed by atoms with E-state index < -0.39 is 0 Å². The summed E-state index contributed by atoms with van der Waals surface area (Å²) in [7, 11) is 1.63. The number of rotatable bonds is 5. The molecule has 0 saturated carbocycles. The van der Waals surface area contributed by atoms with Crippen LogP contribution in [0, 0.1) is 5.92 Å². The molecule has 1 aliphatic heterocycles. The lowest BCUT2D eigenvalue weighted by Gasteiger charge is -2.31. The lowest BCUT2D eigenvalue weighted by molar-refractivity contribution is -0.115. The van der Waals surface area contributed by atoms with E-state index in [2.05, 4.69) is 22.1 Å². The Bertz CT molecular complexity index is 690. The highest BCUT2D eigenvalue weighted by atomic mass is 16.5. The van der Waals surface area contributed by atoms with Crippen molar-refractivity contribution in [2.45, 2.75) is 26.2 Å². The molecule has 5 heteroatoms. The smallest absolute Gasteiger partial charge is 0.229 e. The van der Waals surface area contributed by atoms with Crippen LogP contribution in [0.3, 0.4) is 0 Å². The molecule has 2 aromatic rings. The van der Waals surface area contributed by atoms with Crippen molar-refractivity contribution >= 4 is 17.4 Å². The van der Waals surface area contributed by atoms with E-state index in [0.717, 1.165) is 36.0 Å². The number of anilines is 2. The predicted octanol–water partition coefficient (Wildman–Crippen LogP) is 3.51. The molecule has 0 radical (unpaired) electrons. The summed E-state index contributed by atoms with van der Waals surface area (Å²) in [5, 5.41) is 2.86. The van der Waals surface area contributed by atoms with Gasteiger partial charge in [-0.2, -0.15) is 0 Å². The maximum atomic E-state index is 12.2. The number of hydrogen-bond acceptors (Lipinski definition) is 4. The third kappa shape index (κ3) is 4.72. The molecule has 25 heavy (non-hydrogen) atoms. The average molecular weight is 339 g/mol. The number of methoxy groups -OCH3 is 1. The first kappa shape index (κ1) is 17.3. The fourth-order valence-electron chi connectivity index (χ4n) is 3.03. The monoisotopic (exact) mass is 339 g/mol. The van der Waals surface area contributed by atoms with E-state index >= 15 is 0 Å². The summed E-state index contributed by atoms with van der Waals surface area (Å²) < 4.78 is 5.12. The second-order valence-corrected chi connectivity index (χ2v) is 6.64. The number of hydrogen-bond donors (Lipinski definition) is 1. The zero-order valence-electron chi connectivity index (χ0n) is 14.9. The van der Waals surface area contributed by atoms with Crippen molar-refractivity contribution in [3.05, 3.63) is 48.2 Å². The molecule has 1 saturated heterocycles. The van der Waals surface area contributed by atoms with Gasteiger partial charge in [-0.3, -0.25) is 4.79 Å². The number of nitrogens with zero attached hydrogens (tertiary/aromatic N) is 2. The minimum absolute atomic E-state index is 0.0720. The van der Waals surface area contributed by atoms with E-state index in [9.17, 15) is 4.79 Å². The van der Waals surface area contributed by atoms with E-state index in [1.165, 1.54) is 12.8 Å². The number of carbonyl (C=O) groups excluding carboxylic acids is 1. The van der Waals surface area contributed by atoms with E-state index in [0.29, 0.717) is 12.2 Å². The molecule has 0 spiro atoms. The first-order chi connectivity index (χ1) is 12.1. The fraction of sp³-hybridized carbons (Fsp3) is 0.400. The molecule has 1 aromatic heterocycles. The number of amides is 1. The number of carbonyl (C=O) groups is 1. The summed E-state index contributed by atoms with van der Waals surface area (Å²) in [5.41, 5.74) is 2.07. The van der Waals surface area contributed by atoms with Gasteiger partial charge in [-0.15, -0.1) is 0 Å². The number of aromatic nitrogens is 1. The molecule has 3 rings (SSSR count). The molecule has 2 heterocycles. The van der Waals surface area contributed by atoms with Gasteiger partial charge in [0.1, 0.15) is 11.6 Å². The molecule has 1 aromatic carbocycles. The van der Waals surface area contributed by atoms with Crippen molar-refractivity contribution in [1.29, 1.82) is 0 Å². The van der Waals surface area contributed by atoms with Crippen LogP contribution >= 0.6 is 0 Å². The van der Waals surface area contributed by atoms with Gasteiger partial charge >= 0.3 is 0 Å². The summed E-state index contributed by atoms with van der Waals surface area (Å²) >= 11 is 0. The van der Waals surface area contributed by atoms with Crippen molar-refractivity contribution in [1.82, 2.24) is 4.98 Å². The van der Waals surface area contributed by atoms with Crippen LogP contribution in [0.2, 0.25) is 0 Å². The van der Waals surface area contributed by atoms with Gasteiger partial charge in [0.25, 0.3) is 0 Å². The molecular formula is C20H25N3O2. The normalized spacial score (nSPS) is 15.0. The highest BCUT2D eigenvalue weighted by Crippen LogP contribution is 2.23. The predicted molar refractivity (Wildman–Crippen MR) is 100 cm³/mol. The first-order valence-corrected chi connectivity index (χ1v) is 8.78. The number of nitrogens with one attached hydrogen (secondary N) is 1. The molecule has 0 bridgehead atoms. The highest BCUT2D eigenvalue weighted by Gasteiger charge is 2.16. The van der Waals surface area contributed by atoms with Crippen molar-refractivity contribution in [2.24, 2.45) is 5.92 Å². The molecule has 1 N–H and O–H groups in total. The van der Waals surface area contributed by atoms with Crippen molar-refractivity contribution in [3.63, 3.8) is 0 Å². The van der Waals surface area contributed by atoms with Gasteiger partial charge in [-0.1, -0.05) is 19.1 Å². The zero-order valence-corrected chi connectivity index (χ0v) is 14.9. The van der Waals surface area contributed by atoms with Crippen LogP contribution < -0.4 is 15.0 Å². The van der Waals surface area contributed by atoms with Gasteiger partial charge < -0.3 is 15.0 Å². The number of pyridine rings is 1. The molecule has 0 atom stereocenters. The molecule has 0 aliphatic carbocycles. The van der Waals surface area contributed by atoms with Crippen LogP contribution in [0.15, 0.2) is 42.6 Å². The highest BCUT2D eigenvalue weighted by molar-refractivity contribution is 5.91. The Kier molecular flexibility index (Phi) is 5.53. The quantitative estimate of drug-likeness (QED) is 0.906. The standard InChI is InChI=1S/C20H25N3O2/c1-15-9-11-23(12-10-15)17-5-8-19(21-14-17)22-20(24)13-16-3-6-18(25-2)7-4-16/h3-8,14-15H,9-13H2,1-2H3,(H,21,22,24). The summed E-state index contributed by atoms with van der Waals surface area (Å²) in [6, 6.07) is 11.4. The van der Waals surface area contributed by atoms with Gasteiger partial charge in [0, 0.05) is 13.1 Å². The number of ether oxygens (including phenoxy) is 1. The molecule has 1 amide bonds. The van der Waals surface area contributed by atoms with Gasteiger partial charge in [-0.05, 0) is 48.6 Å². The molecule has 1 aliphatic rings. The van der Waals surface area contributed by atoms with Crippen molar-refractivity contribution < 1.29 is 9.53 Å². The second kappa shape index (κ2) is 8.01. The van der Waals surface area contributed by atoms with Crippen LogP contribution in [0.25, 0.3) is 0 Å². The van der Waals surface area contributed by atoms with E-state index in [4.69, 9.17) is 4.74 Å². The Morgan fingerprint density at radius 3 is 2.52 bits per heavy atom. The topological polar surface area (TPSA) is 54.5 Å². The van der Waals surface area contributed by atoms with E-state index in [1.807, 2.05) is 42.6 Å². The summed E-state index contributed by atoms with van der Waals surface area (Å²) in [6.07, 6.45) is 4.61. The van der Waals surface area contributed by atoms with Gasteiger partial charge in [0.2, 0.25) is 5.91 Å². The summed E-state index contributed by atoms with van der Waals surface area (Å²) in [6.45, 7) is 4.45. The lowest BCUT2D eigenvalue weighted by Crippen LogP contribution is -2.32. The van der Waals surface area contributed by atoms with Crippen LogP contribution in [0.4, 0.5) is 11.5 Å². The minimum Gasteiger partial charge on any atom is -0.497 e. The number of benzene rings is 1. The second-order valence-electron chi connectivity index (χ2n) is 6.64. The zero-order chi connectivity index (χ0) is 17.6. The average Bonchev–Trinajstić information content (AvgIpc) is 2.64. The van der Waals surface area contributed by atoms with Crippen LogP contribution in [0.5, 0.6) is 5.75 Å². The third-order valence-corrected chi connectivity index (χ3v) is 4.69. The van der Waals surface area contributed by atoms with Gasteiger partial charge in [0.05, 0.1) is 25.4 Å². The van der Waals surface area contributed by atoms with E-state index in [1.54, 1.807) is 7.11 Å². The largest absolute Gasteiger partial charge is 0.497 e. The molecule has 1 fully saturated rings. The summed E-state index contributed by atoms with van der Waals surface area (Å²) in [4.78, 5) is 18.9. The molecular weight excluding hydrogens is 314 g/mol. The maximum absolute atomic E-state index is 12.2. The SMILES string of the molecule is COc1ccc(CC(=O)Nc2ccc(N3CCC(C)CC3)cn2)cc1. The molecule has 0 unspecified atom stereocenters. The maximum Gasteiger partial charge on any atom is 0.229 e. The van der Waals surface area contributed by atoms with Crippen molar-refractivity contribution in [2.75, 3.05) is 30.4 Å². The fourth-order valence-corrected chi connectivity index (χ4v) is 3.03. The Morgan fingerprint density at radius 1 is 1.20 bits per heavy atom. The van der Waals surface area contributed by atoms with Crippen LogP contribution in [-0.2, 0) is 11.2 Å². The van der Waals surface area contributed by atoms with Gasteiger partial charge in [-0.25, -0.2) is 4.98 Å². The molecule has 5 nitrogen and oxygen atoms in total. The van der Waals surface area contributed by atoms with Crippen LogP contribution in [-0.4, -0.2) is 31.1 Å². The van der Waals surface area contributed by atoms with E-state index in [-0.39, 0.29) is 5.91 Å². The Morgan fingerprint density at radius 2 is 1.92 bits per heavy atom. The summed E-state index contributed by atoms with van der Waals surface area (Å²) in [5.74, 6) is 2.11. The van der Waals surface area contributed by atoms with Crippen molar-refractivity contribution in [3.8, 4) is 5.75 Å². The minimum atomic E-state index is -0.0720. The number of piperidine rings is 1.